The SMILES string of the molecule is CO[C@H]1O[C@H](C)[C@@H](O[C@@H]2O[C@H](C)[C@H](OC(C)=O)[C@H](OC(C)=O)[C@H]2OC(C)=O)[C@](C)(NC(C)=O)[C@H]1O. The number of hydrogen-bond acceptors (Lipinski definition) is 12. The molecule has 0 spiro atoms. The molecule has 0 radical (unpaired) electrons. The number of rotatable bonds is 7. The summed E-state index contributed by atoms with van der Waals surface area (Å²) in [7, 11) is 1.34. The Labute approximate surface area is 203 Å². The van der Waals surface area contributed by atoms with E-state index in [1.165, 1.54) is 21.0 Å². The molecule has 2 rings (SSSR count). The van der Waals surface area contributed by atoms with Gasteiger partial charge in [-0.2, -0.15) is 0 Å². The molecule has 0 aromatic carbocycles. The van der Waals surface area contributed by atoms with Crippen LogP contribution in [0.25, 0.3) is 0 Å². The quantitative estimate of drug-likeness (QED) is 0.339. The molecule has 2 N–H and O–H groups in total. The molecule has 2 aliphatic rings. The molecule has 0 saturated carbocycles. The van der Waals surface area contributed by atoms with Crippen molar-refractivity contribution in [1.29, 1.82) is 0 Å². The second-order valence-corrected chi connectivity index (χ2v) is 8.84. The van der Waals surface area contributed by atoms with Gasteiger partial charge in [-0.3, -0.25) is 19.2 Å². The molecule has 0 bridgehead atoms. The monoisotopic (exact) mass is 505 g/mol. The summed E-state index contributed by atoms with van der Waals surface area (Å²) in [5, 5.41) is 13.6. The van der Waals surface area contributed by atoms with Gasteiger partial charge in [0.15, 0.2) is 30.9 Å². The number of amides is 1. The first kappa shape index (κ1) is 28.9. The van der Waals surface area contributed by atoms with Crippen LogP contribution in [0.4, 0.5) is 0 Å². The summed E-state index contributed by atoms with van der Waals surface area (Å²) < 4.78 is 39.1. The second-order valence-electron chi connectivity index (χ2n) is 8.84. The Morgan fingerprint density at radius 3 is 1.77 bits per heavy atom. The van der Waals surface area contributed by atoms with Gasteiger partial charge in [0.1, 0.15) is 12.2 Å². The Hall–Kier alpha value is -2.32. The van der Waals surface area contributed by atoms with E-state index in [-0.39, 0.29) is 0 Å². The molecule has 1 amide bonds. The minimum Gasteiger partial charge on any atom is -0.456 e. The van der Waals surface area contributed by atoms with Gasteiger partial charge >= 0.3 is 17.9 Å². The van der Waals surface area contributed by atoms with Crippen molar-refractivity contribution >= 4 is 23.8 Å². The molecule has 200 valence electrons. The lowest BCUT2D eigenvalue weighted by molar-refractivity contribution is -0.349. The molecular formula is C22H35NO12. The van der Waals surface area contributed by atoms with E-state index in [9.17, 15) is 24.3 Å². The molecule has 2 saturated heterocycles. The minimum absolute atomic E-state index is 0.453. The predicted molar refractivity (Wildman–Crippen MR) is 115 cm³/mol. The highest BCUT2D eigenvalue weighted by Gasteiger charge is 2.58. The maximum absolute atomic E-state index is 12.0. The van der Waals surface area contributed by atoms with E-state index in [1.807, 2.05) is 0 Å². The molecule has 0 aromatic heterocycles. The average molecular weight is 506 g/mol. The second kappa shape index (κ2) is 11.6. The third-order valence-electron chi connectivity index (χ3n) is 5.83. The summed E-state index contributed by atoms with van der Waals surface area (Å²) in [6.45, 7) is 9.49. The first-order valence-corrected chi connectivity index (χ1v) is 11.2. The average Bonchev–Trinajstić information content (AvgIpc) is 2.72. The highest BCUT2D eigenvalue weighted by Crippen LogP contribution is 2.36. The number of esters is 3. The number of aliphatic hydroxyl groups excluding tert-OH is 1. The standard InChI is InChI=1S/C22H35NO12/c1-9-15(32-12(4)25)16(33-13(5)26)17(34-14(6)27)20(30-9)35-19-10(2)31-21(29-8)18(28)22(19,7)23-11(3)24/h9-10,15-21,28H,1-8H3,(H,23,24)/t9-,10-,15+,16+,17-,18+,19-,20+,21+,22-/m1/s1. The highest BCUT2D eigenvalue weighted by atomic mass is 16.7. The van der Waals surface area contributed by atoms with Crippen LogP contribution in [-0.4, -0.2) is 96.9 Å². The van der Waals surface area contributed by atoms with Crippen LogP contribution in [0.15, 0.2) is 0 Å². The summed E-state index contributed by atoms with van der Waals surface area (Å²) >= 11 is 0. The van der Waals surface area contributed by atoms with Crippen LogP contribution >= 0.6 is 0 Å². The number of methoxy groups -OCH3 is 1. The number of aliphatic hydroxyl groups is 1. The van der Waals surface area contributed by atoms with Gasteiger partial charge < -0.3 is 43.6 Å². The van der Waals surface area contributed by atoms with E-state index in [0.717, 1.165) is 13.8 Å². The Balaban J connectivity index is 2.48. The van der Waals surface area contributed by atoms with Gasteiger partial charge in [0.05, 0.1) is 17.7 Å². The van der Waals surface area contributed by atoms with Crippen LogP contribution in [0.3, 0.4) is 0 Å². The molecule has 0 aliphatic carbocycles. The van der Waals surface area contributed by atoms with E-state index in [1.54, 1.807) is 20.8 Å². The van der Waals surface area contributed by atoms with Crippen molar-refractivity contribution in [3.05, 3.63) is 0 Å². The van der Waals surface area contributed by atoms with E-state index >= 15 is 0 Å². The number of carbonyl (C=O) groups excluding carboxylic acids is 4. The largest absolute Gasteiger partial charge is 0.456 e. The zero-order valence-corrected chi connectivity index (χ0v) is 21.1. The third-order valence-corrected chi connectivity index (χ3v) is 5.83. The fraction of sp³-hybridized carbons (Fsp3) is 0.818. The Morgan fingerprint density at radius 2 is 1.29 bits per heavy atom. The van der Waals surface area contributed by atoms with Crippen molar-refractivity contribution in [3.63, 3.8) is 0 Å². The Morgan fingerprint density at radius 1 is 0.800 bits per heavy atom. The lowest BCUT2D eigenvalue weighted by Crippen LogP contribution is -2.73. The number of ether oxygens (including phenoxy) is 7. The van der Waals surface area contributed by atoms with Crippen LogP contribution < -0.4 is 5.32 Å². The minimum atomic E-state index is -1.43. The molecule has 0 aromatic rings. The van der Waals surface area contributed by atoms with Gasteiger partial charge in [0, 0.05) is 34.8 Å². The molecule has 2 fully saturated rings. The molecule has 2 aliphatic heterocycles. The Bertz CT molecular complexity index is 805. The van der Waals surface area contributed by atoms with Crippen LogP contribution in [0.5, 0.6) is 0 Å². The van der Waals surface area contributed by atoms with E-state index < -0.39 is 84.7 Å². The summed E-state index contributed by atoms with van der Waals surface area (Å²) in [5.41, 5.74) is -1.43. The van der Waals surface area contributed by atoms with Gasteiger partial charge in [0.2, 0.25) is 5.91 Å². The summed E-state index contributed by atoms with van der Waals surface area (Å²) in [4.78, 5) is 47.5. The van der Waals surface area contributed by atoms with Crippen molar-refractivity contribution in [1.82, 2.24) is 5.32 Å². The van der Waals surface area contributed by atoms with Crippen LogP contribution in [0, 0.1) is 0 Å². The molecular weight excluding hydrogens is 470 g/mol. The summed E-state index contributed by atoms with van der Waals surface area (Å²) in [6, 6.07) is 0. The van der Waals surface area contributed by atoms with Crippen molar-refractivity contribution in [2.45, 2.75) is 109 Å². The normalized spacial score (nSPS) is 39.3. The van der Waals surface area contributed by atoms with Gasteiger partial charge in [-0.15, -0.1) is 0 Å². The van der Waals surface area contributed by atoms with Crippen molar-refractivity contribution in [3.8, 4) is 0 Å². The zero-order valence-electron chi connectivity index (χ0n) is 21.1. The maximum atomic E-state index is 12.0. The van der Waals surface area contributed by atoms with Crippen molar-refractivity contribution in [2.75, 3.05) is 7.11 Å². The van der Waals surface area contributed by atoms with Crippen LogP contribution in [0.1, 0.15) is 48.5 Å². The number of hydrogen-bond donors (Lipinski definition) is 2. The van der Waals surface area contributed by atoms with E-state index in [0.29, 0.717) is 0 Å². The predicted octanol–water partition coefficient (Wildman–Crippen LogP) is -0.442. The van der Waals surface area contributed by atoms with Crippen LogP contribution in [0.2, 0.25) is 0 Å². The Kier molecular flexibility index (Phi) is 9.59. The molecule has 13 heteroatoms. The molecule has 0 unspecified atom stereocenters. The maximum Gasteiger partial charge on any atom is 0.303 e. The van der Waals surface area contributed by atoms with E-state index in [2.05, 4.69) is 5.32 Å². The van der Waals surface area contributed by atoms with Crippen LogP contribution in [-0.2, 0) is 52.3 Å². The fourth-order valence-corrected chi connectivity index (χ4v) is 4.48. The smallest absolute Gasteiger partial charge is 0.303 e. The molecule has 10 atom stereocenters. The first-order chi connectivity index (χ1) is 16.2. The fourth-order valence-electron chi connectivity index (χ4n) is 4.48. The molecule has 13 nitrogen and oxygen atoms in total. The summed E-state index contributed by atoms with van der Waals surface area (Å²) in [6.07, 6.45) is -10.2. The molecule has 35 heavy (non-hydrogen) atoms. The number of carbonyl (C=O) groups is 4. The zero-order chi connectivity index (χ0) is 26.7. The third kappa shape index (κ3) is 6.67. The van der Waals surface area contributed by atoms with Crippen molar-refractivity contribution < 1.29 is 57.4 Å². The lowest BCUT2D eigenvalue weighted by atomic mass is 9.82. The van der Waals surface area contributed by atoms with E-state index in [4.69, 9.17) is 33.2 Å². The highest BCUT2D eigenvalue weighted by molar-refractivity contribution is 5.74. The topological polar surface area (TPSA) is 165 Å². The lowest BCUT2D eigenvalue weighted by Gasteiger charge is -2.52. The van der Waals surface area contributed by atoms with Gasteiger partial charge in [-0.25, -0.2) is 0 Å². The van der Waals surface area contributed by atoms with Gasteiger partial charge in [-0.05, 0) is 20.8 Å². The first-order valence-electron chi connectivity index (χ1n) is 11.2. The van der Waals surface area contributed by atoms with Gasteiger partial charge in [0.25, 0.3) is 0 Å². The van der Waals surface area contributed by atoms with Gasteiger partial charge in [-0.1, -0.05) is 0 Å². The summed E-state index contributed by atoms with van der Waals surface area (Å²) in [5.74, 6) is -2.57. The molecule has 2 heterocycles. The number of nitrogens with one attached hydrogen (secondary N) is 1. The van der Waals surface area contributed by atoms with Crippen molar-refractivity contribution in [2.24, 2.45) is 0 Å².